The molecule has 0 bridgehead atoms. The zero-order valence-corrected chi connectivity index (χ0v) is 14.5. The second-order valence-electron chi connectivity index (χ2n) is 4.38. The molecule has 0 N–H and O–H groups in total. The first-order valence-corrected chi connectivity index (χ1v) is 11.8. The number of hydrogen-bond donors (Lipinski definition) is 0. The zero-order chi connectivity index (χ0) is 12.2. The quantitative estimate of drug-likeness (QED) is 0.650. The summed E-state index contributed by atoms with van der Waals surface area (Å²) in [5.41, 5.74) is 1.36. The molecule has 0 aromatic rings. The van der Waals surface area contributed by atoms with E-state index < -0.39 is 21.3 Å². The summed E-state index contributed by atoms with van der Waals surface area (Å²) >= 11 is -3.54. The van der Waals surface area contributed by atoms with E-state index in [1.165, 1.54) is 8.90 Å². The second kappa shape index (κ2) is 6.24. The molecule has 0 aromatic heterocycles. The first kappa shape index (κ1) is 14.3. The molecule has 1 aliphatic rings. The van der Waals surface area contributed by atoms with Crippen molar-refractivity contribution in [3.05, 3.63) is 21.1 Å². The van der Waals surface area contributed by atoms with E-state index in [4.69, 9.17) is 8.56 Å². The van der Waals surface area contributed by atoms with Crippen LogP contribution in [0.5, 0.6) is 0 Å². The summed E-state index contributed by atoms with van der Waals surface area (Å²) in [5, 5.41) is 0. The first-order chi connectivity index (χ1) is 7.59. The molecule has 16 heavy (non-hydrogen) atoms. The Labute approximate surface area is 105 Å². The molecule has 0 unspecified atom stereocenters. The van der Waals surface area contributed by atoms with Crippen LogP contribution in [0.25, 0.3) is 0 Å². The molecule has 1 aliphatic carbocycles. The molecular weight excluding hydrogens is 371 g/mol. The number of hydrogen-bond acceptors (Lipinski definition) is 3. The van der Waals surface area contributed by atoms with Gasteiger partial charge in [-0.15, -0.1) is 0 Å². The average molecular weight is 393 g/mol. The van der Waals surface area contributed by atoms with Gasteiger partial charge in [-0.3, -0.25) is 0 Å². The van der Waals surface area contributed by atoms with Crippen LogP contribution in [0.3, 0.4) is 0 Å². The van der Waals surface area contributed by atoms with Crippen LogP contribution in [0.2, 0.25) is 0 Å². The van der Waals surface area contributed by atoms with Crippen LogP contribution >= 0.6 is 0 Å². The van der Waals surface area contributed by atoms with Crippen LogP contribution in [-0.4, -0.2) is 21.3 Å². The van der Waals surface area contributed by atoms with Gasteiger partial charge in [0, 0.05) is 0 Å². The summed E-state index contributed by atoms with van der Waals surface area (Å²) in [5.74, 6) is 0.643. The Morgan fingerprint density at radius 2 is 1.75 bits per heavy atom. The maximum absolute atomic E-state index is 5.61. The van der Waals surface area contributed by atoms with Crippen molar-refractivity contribution < 1.29 is 29.8 Å². The van der Waals surface area contributed by atoms with Crippen molar-refractivity contribution in [1.82, 2.24) is 0 Å². The van der Waals surface area contributed by atoms with Crippen molar-refractivity contribution >= 4 is 0 Å². The monoisotopic (exact) mass is 394 g/mol. The summed E-state index contributed by atoms with van der Waals surface area (Å²) in [6.07, 6.45) is 6.38. The van der Waals surface area contributed by atoms with E-state index in [9.17, 15) is 0 Å². The molecule has 0 aliphatic heterocycles. The first-order valence-electron chi connectivity index (χ1n) is 5.64. The van der Waals surface area contributed by atoms with Crippen molar-refractivity contribution in [2.24, 2.45) is 5.92 Å². The van der Waals surface area contributed by atoms with Gasteiger partial charge >= 0.3 is 105 Å². The Hall–Kier alpha value is 0.230. The van der Waals surface area contributed by atoms with Crippen LogP contribution in [0.1, 0.15) is 26.7 Å². The van der Waals surface area contributed by atoms with Gasteiger partial charge in [0.15, 0.2) is 0 Å². The molecule has 92 valence electrons. The molecule has 0 aromatic carbocycles. The fraction of sp³-hybridized carbons (Fsp3) is 0.667. The van der Waals surface area contributed by atoms with E-state index in [1.54, 1.807) is 21.3 Å². The van der Waals surface area contributed by atoms with Gasteiger partial charge in [-0.1, -0.05) is 0 Å². The van der Waals surface area contributed by atoms with Gasteiger partial charge in [0.2, 0.25) is 0 Å². The van der Waals surface area contributed by atoms with E-state index in [0.29, 0.717) is 5.92 Å². The van der Waals surface area contributed by atoms with Crippen LogP contribution in [0.15, 0.2) is 21.1 Å². The Kier molecular flexibility index (Phi) is 5.57. The molecule has 0 saturated heterocycles. The molecule has 0 radical (unpaired) electrons. The third-order valence-electron chi connectivity index (χ3n) is 2.83. The van der Waals surface area contributed by atoms with Crippen molar-refractivity contribution in [2.45, 2.75) is 26.7 Å². The van der Waals surface area contributed by atoms with Crippen molar-refractivity contribution in [1.29, 1.82) is 0 Å². The van der Waals surface area contributed by atoms with Crippen LogP contribution < -0.4 is 0 Å². The van der Waals surface area contributed by atoms with Gasteiger partial charge in [0.1, 0.15) is 0 Å². The Bertz CT molecular complexity index is 282. The van der Waals surface area contributed by atoms with E-state index in [0.717, 1.165) is 12.8 Å². The second-order valence-corrected chi connectivity index (χ2v) is 14.9. The van der Waals surface area contributed by atoms with E-state index in [1.807, 2.05) is 0 Å². The third-order valence-corrected chi connectivity index (χ3v) is 13.2. The molecule has 0 atom stereocenters. The van der Waals surface area contributed by atoms with E-state index in [-0.39, 0.29) is 0 Å². The Balaban J connectivity index is 2.99. The molecule has 0 spiro atoms. The maximum atomic E-state index is 5.61. The van der Waals surface area contributed by atoms with Crippen molar-refractivity contribution in [2.75, 3.05) is 21.3 Å². The summed E-state index contributed by atoms with van der Waals surface area (Å²) in [6.45, 7) is 4.45. The molecule has 0 amide bonds. The van der Waals surface area contributed by atoms with Gasteiger partial charge < -0.3 is 0 Å². The molecular formula is C12H22HfO3. The van der Waals surface area contributed by atoms with Crippen molar-refractivity contribution in [3.8, 4) is 0 Å². The number of rotatable bonds is 6. The third kappa shape index (κ3) is 2.92. The molecule has 0 fully saturated rings. The summed E-state index contributed by atoms with van der Waals surface area (Å²) in [7, 11) is 5.10. The SMILES string of the molecule is C[O][Hf]([O]C)([O]C)[C]1=C(CC(C)C)C=CC1. The minimum absolute atomic E-state index is 0.643. The fourth-order valence-corrected chi connectivity index (χ4v) is 9.98. The average Bonchev–Trinajstić information content (AvgIpc) is 2.70. The normalized spacial score (nSPS) is 16.6. The number of allylic oxidation sites excluding steroid dienone is 4. The van der Waals surface area contributed by atoms with E-state index >= 15 is 0 Å². The summed E-state index contributed by atoms with van der Waals surface area (Å²) < 4.78 is 18.1. The Morgan fingerprint density at radius 1 is 1.19 bits per heavy atom. The van der Waals surface area contributed by atoms with Gasteiger partial charge in [-0.2, -0.15) is 0 Å². The fourth-order valence-electron chi connectivity index (χ4n) is 2.12. The van der Waals surface area contributed by atoms with Crippen LogP contribution in [0, 0.1) is 5.92 Å². The predicted molar refractivity (Wildman–Crippen MR) is 61.3 cm³/mol. The molecule has 1 rings (SSSR count). The standard InChI is InChI=1S/C9H13.3CH3O.Hf/c1-8(2)7-9-5-3-4-6-9;3*1-2;/h3,5,8H,4,7H2,1-2H3;3*1H3;/q;3*-1;+3. The summed E-state index contributed by atoms with van der Waals surface area (Å²) in [4.78, 5) is 0. The Morgan fingerprint density at radius 3 is 2.19 bits per heavy atom. The van der Waals surface area contributed by atoms with Crippen LogP contribution in [0.4, 0.5) is 0 Å². The summed E-state index contributed by atoms with van der Waals surface area (Å²) in [6, 6.07) is 0. The van der Waals surface area contributed by atoms with Gasteiger partial charge in [0.05, 0.1) is 0 Å². The molecule has 0 saturated carbocycles. The van der Waals surface area contributed by atoms with Crippen LogP contribution in [-0.2, 0) is 29.8 Å². The van der Waals surface area contributed by atoms with Crippen molar-refractivity contribution in [3.63, 3.8) is 0 Å². The molecule has 3 nitrogen and oxygen atoms in total. The van der Waals surface area contributed by atoms with Gasteiger partial charge in [0.25, 0.3) is 0 Å². The van der Waals surface area contributed by atoms with Gasteiger partial charge in [-0.05, 0) is 0 Å². The topological polar surface area (TPSA) is 27.7 Å². The van der Waals surface area contributed by atoms with E-state index in [2.05, 4.69) is 26.0 Å². The van der Waals surface area contributed by atoms with Gasteiger partial charge in [-0.25, -0.2) is 0 Å². The zero-order valence-electron chi connectivity index (χ0n) is 10.9. The molecule has 4 heteroatoms. The predicted octanol–water partition coefficient (Wildman–Crippen LogP) is 3.08. The molecule has 0 heterocycles. The minimum atomic E-state index is -3.54.